The molecule has 0 aliphatic heterocycles. The summed E-state index contributed by atoms with van der Waals surface area (Å²) in [6.45, 7) is 0. The third-order valence-corrected chi connectivity index (χ3v) is 3.12. The normalized spacial score (nSPS) is 9.88. The Bertz CT molecular complexity index is 518. The summed E-state index contributed by atoms with van der Waals surface area (Å²) in [5.74, 6) is 0.805. The molecule has 0 fully saturated rings. The molecule has 2 aromatic carbocycles. The zero-order chi connectivity index (χ0) is 12.1. The highest BCUT2D eigenvalue weighted by atomic mass is 127. The molecule has 0 spiro atoms. The highest BCUT2D eigenvalue weighted by Gasteiger charge is 2.07. The highest BCUT2D eigenvalue weighted by molar-refractivity contribution is 14.2. The SMILES string of the molecule is C=IOc1ccc(C(=O)c2ccccc2)cc1. The van der Waals surface area contributed by atoms with Crippen molar-refractivity contribution >= 4 is 31.4 Å². The first-order valence-corrected chi connectivity index (χ1v) is 7.47. The van der Waals surface area contributed by atoms with E-state index in [-0.39, 0.29) is 5.78 Å². The molecule has 0 aliphatic carbocycles. The molecule has 0 heterocycles. The Morgan fingerprint density at radius 2 is 1.53 bits per heavy atom. The Hall–Kier alpha value is -1.49. The molecule has 0 aliphatic rings. The largest absolute Gasteiger partial charge is 0.436 e. The Balaban J connectivity index is 2.23. The van der Waals surface area contributed by atoms with Crippen molar-refractivity contribution in [2.45, 2.75) is 0 Å². The zero-order valence-corrected chi connectivity index (χ0v) is 11.3. The fourth-order valence-corrected chi connectivity index (χ4v) is 2.13. The lowest BCUT2D eigenvalue weighted by Gasteiger charge is -2.02. The molecule has 0 amide bonds. The minimum Gasteiger partial charge on any atom is -0.436 e. The van der Waals surface area contributed by atoms with E-state index in [4.69, 9.17) is 3.07 Å². The van der Waals surface area contributed by atoms with Crippen molar-refractivity contribution < 1.29 is 7.86 Å². The minimum absolute atomic E-state index is 0.0291. The lowest BCUT2D eigenvalue weighted by molar-refractivity contribution is 0.103. The summed E-state index contributed by atoms with van der Waals surface area (Å²) in [5.41, 5.74) is 1.37. The molecule has 2 aromatic rings. The van der Waals surface area contributed by atoms with Gasteiger partial charge in [0.05, 0.1) is 0 Å². The number of rotatable bonds is 4. The Morgan fingerprint density at radius 1 is 0.941 bits per heavy atom. The van der Waals surface area contributed by atoms with E-state index in [1.807, 2.05) is 30.3 Å². The van der Waals surface area contributed by atoms with Crippen molar-refractivity contribution in [3.63, 3.8) is 0 Å². The van der Waals surface area contributed by atoms with Crippen LogP contribution in [0.1, 0.15) is 15.9 Å². The number of ketones is 1. The lowest BCUT2D eigenvalue weighted by atomic mass is 10.0. The summed E-state index contributed by atoms with van der Waals surface area (Å²) in [6, 6.07) is 16.4. The maximum Gasteiger partial charge on any atom is 0.193 e. The third-order valence-electron chi connectivity index (χ3n) is 2.30. The van der Waals surface area contributed by atoms with Crippen LogP contribution < -0.4 is 3.07 Å². The zero-order valence-electron chi connectivity index (χ0n) is 9.10. The van der Waals surface area contributed by atoms with Crippen molar-refractivity contribution in [3.8, 4) is 5.75 Å². The van der Waals surface area contributed by atoms with Gasteiger partial charge in [-0.05, 0) is 28.8 Å². The maximum absolute atomic E-state index is 12.1. The van der Waals surface area contributed by atoms with Gasteiger partial charge in [0.1, 0.15) is 26.9 Å². The smallest absolute Gasteiger partial charge is 0.193 e. The second kappa shape index (κ2) is 5.72. The topological polar surface area (TPSA) is 26.3 Å². The van der Waals surface area contributed by atoms with Gasteiger partial charge in [0.15, 0.2) is 5.78 Å². The van der Waals surface area contributed by atoms with E-state index < -0.39 is 21.1 Å². The molecule has 0 aromatic heterocycles. The molecule has 17 heavy (non-hydrogen) atoms. The van der Waals surface area contributed by atoms with E-state index in [0.29, 0.717) is 11.1 Å². The van der Waals surface area contributed by atoms with Gasteiger partial charge in [0.2, 0.25) is 0 Å². The molecule has 0 N–H and O–H groups in total. The molecule has 0 radical (unpaired) electrons. The van der Waals surface area contributed by atoms with Crippen LogP contribution in [-0.4, -0.2) is 10.3 Å². The first kappa shape index (κ1) is 12.0. The second-order valence-electron chi connectivity index (χ2n) is 3.41. The predicted octanol–water partition coefficient (Wildman–Crippen LogP) is 3.61. The minimum atomic E-state index is -0.476. The third kappa shape index (κ3) is 3.00. The van der Waals surface area contributed by atoms with Crippen LogP contribution in [0.5, 0.6) is 5.75 Å². The van der Waals surface area contributed by atoms with Crippen LogP contribution in [0, 0.1) is 0 Å². The summed E-state index contributed by atoms with van der Waals surface area (Å²) >= 11 is -0.476. The van der Waals surface area contributed by atoms with Gasteiger partial charge in [-0.3, -0.25) is 4.79 Å². The van der Waals surface area contributed by atoms with Gasteiger partial charge in [0.25, 0.3) is 0 Å². The summed E-state index contributed by atoms with van der Waals surface area (Å²) in [5, 5.41) is 0. The van der Waals surface area contributed by atoms with Gasteiger partial charge in [-0.25, -0.2) is 0 Å². The molecule has 2 rings (SSSR count). The monoisotopic (exact) mass is 338 g/mol. The van der Waals surface area contributed by atoms with Crippen molar-refractivity contribution in [1.29, 1.82) is 0 Å². The first-order chi connectivity index (χ1) is 8.31. The summed E-state index contributed by atoms with van der Waals surface area (Å²) < 4.78 is 9.04. The number of halogens is 1. The Labute approximate surface area is 111 Å². The van der Waals surface area contributed by atoms with Gasteiger partial charge in [0, 0.05) is 11.1 Å². The standard InChI is InChI=1S/C14H11IO2/c1-15-17-13-9-7-12(8-10-13)14(16)11-5-3-2-4-6-11/h2-10H,1H2. The Morgan fingerprint density at radius 3 is 2.12 bits per heavy atom. The Kier molecular flexibility index (Phi) is 4.03. The molecule has 0 unspecified atom stereocenters. The average molecular weight is 338 g/mol. The molecular formula is C14H11IO2. The molecule has 0 saturated heterocycles. The van der Waals surface area contributed by atoms with E-state index in [1.54, 1.807) is 24.3 Å². The summed E-state index contributed by atoms with van der Waals surface area (Å²) in [7, 11) is 0. The highest BCUT2D eigenvalue weighted by Crippen LogP contribution is 2.17. The fourth-order valence-electron chi connectivity index (χ4n) is 1.48. The predicted molar refractivity (Wildman–Crippen MR) is 78.1 cm³/mol. The molecule has 0 atom stereocenters. The number of carbonyl (C=O) groups is 1. The van der Waals surface area contributed by atoms with Crippen molar-refractivity contribution in [2.75, 3.05) is 0 Å². The quantitative estimate of drug-likeness (QED) is 0.629. The van der Waals surface area contributed by atoms with E-state index in [9.17, 15) is 4.79 Å². The molecule has 0 bridgehead atoms. The second-order valence-corrected chi connectivity index (χ2v) is 4.47. The van der Waals surface area contributed by atoms with E-state index in [2.05, 4.69) is 4.51 Å². The molecule has 3 heteroatoms. The van der Waals surface area contributed by atoms with Gasteiger partial charge >= 0.3 is 0 Å². The first-order valence-electron chi connectivity index (χ1n) is 5.06. The number of hydrogen-bond acceptors (Lipinski definition) is 2. The van der Waals surface area contributed by atoms with Crippen LogP contribution in [0.2, 0.25) is 0 Å². The number of carbonyl (C=O) groups excluding carboxylic acids is 1. The number of hydrogen-bond donors (Lipinski definition) is 0. The fraction of sp³-hybridized carbons (Fsp3) is 0. The molecule has 86 valence electrons. The van der Waals surface area contributed by atoms with Crippen LogP contribution in [0.4, 0.5) is 0 Å². The summed E-state index contributed by atoms with van der Waals surface area (Å²) in [6.07, 6.45) is 0. The summed E-state index contributed by atoms with van der Waals surface area (Å²) in [4.78, 5) is 12.1. The van der Waals surface area contributed by atoms with Gasteiger partial charge in [-0.15, -0.1) is 0 Å². The molecule has 2 nitrogen and oxygen atoms in total. The van der Waals surface area contributed by atoms with Crippen molar-refractivity contribution in [2.24, 2.45) is 0 Å². The molecular weight excluding hydrogens is 327 g/mol. The average Bonchev–Trinajstić information content (AvgIpc) is 2.40. The lowest BCUT2D eigenvalue weighted by Crippen LogP contribution is -2.00. The van der Waals surface area contributed by atoms with E-state index in [0.717, 1.165) is 5.75 Å². The van der Waals surface area contributed by atoms with Crippen LogP contribution in [0.25, 0.3) is 0 Å². The maximum atomic E-state index is 12.1. The van der Waals surface area contributed by atoms with E-state index in [1.165, 1.54) is 0 Å². The van der Waals surface area contributed by atoms with Gasteiger partial charge in [-0.2, -0.15) is 0 Å². The van der Waals surface area contributed by atoms with Crippen LogP contribution >= 0.6 is 21.1 Å². The van der Waals surface area contributed by atoms with Crippen molar-refractivity contribution in [3.05, 3.63) is 65.7 Å². The number of benzene rings is 2. The molecule has 0 saturated carbocycles. The van der Waals surface area contributed by atoms with Crippen molar-refractivity contribution in [1.82, 2.24) is 0 Å². The van der Waals surface area contributed by atoms with Crippen LogP contribution in [0.15, 0.2) is 54.6 Å². The van der Waals surface area contributed by atoms with E-state index >= 15 is 0 Å². The van der Waals surface area contributed by atoms with Gasteiger partial charge < -0.3 is 3.07 Å². The van der Waals surface area contributed by atoms with Crippen LogP contribution in [-0.2, 0) is 0 Å². The van der Waals surface area contributed by atoms with Gasteiger partial charge in [-0.1, -0.05) is 30.3 Å². The van der Waals surface area contributed by atoms with Crippen LogP contribution in [0.3, 0.4) is 0 Å².